The number of hydrogen-bond acceptors (Lipinski definition) is 2. The highest BCUT2D eigenvalue weighted by Gasteiger charge is 2.09. The van der Waals surface area contributed by atoms with Gasteiger partial charge in [0.05, 0.1) is 12.2 Å². The molecule has 2 aromatic rings. The fourth-order valence-electron chi connectivity index (χ4n) is 2.47. The smallest absolute Gasteiger partial charge is 0.132 e. The van der Waals surface area contributed by atoms with E-state index in [0.29, 0.717) is 6.61 Å². The van der Waals surface area contributed by atoms with E-state index < -0.39 is 0 Å². The molecule has 0 amide bonds. The molecular formula is C20H26N2O. The van der Waals surface area contributed by atoms with Crippen LogP contribution in [0.1, 0.15) is 27.0 Å². The van der Waals surface area contributed by atoms with Gasteiger partial charge < -0.3 is 9.30 Å². The van der Waals surface area contributed by atoms with Gasteiger partial charge in [-0.25, -0.2) is 0 Å². The van der Waals surface area contributed by atoms with Crippen molar-refractivity contribution in [2.24, 2.45) is 0 Å². The van der Waals surface area contributed by atoms with Crippen LogP contribution in [0.4, 0.5) is 0 Å². The predicted octanol–water partition coefficient (Wildman–Crippen LogP) is 4.04. The topological polar surface area (TPSA) is 17.4 Å². The lowest BCUT2D eigenvalue weighted by atomic mass is 10.1. The number of rotatable bonds is 7. The maximum Gasteiger partial charge on any atom is 0.132 e. The summed E-state index contributed by atoms with van der Waals surface area (Å²) in [4.78, 5) is 2.29. The summed E-state index contributed by atoms with van der Waals surface area (Å²) >= 11 is 0. The summed E-state index contributed by atoms with van der Waals surface area (Å²) in [5.74, 6) is 6.29. The van der Waals surface area contributed by atoms with Crippen LogP contribution in [0.5, 0.6) is 0 Å². The Morgan fingerprint density at radius 3 is 2.48 bits per heavy atom. The van der Waals surface area contributed by atoms with E-state index in [9.17, 15) is 0 Å². The van der Waals surface area contributed by atoms with Crippen molar-refractivity contribution in [3.8, 4) is 23.1 Å². The normalized spacial score (nSPS) is 12.0. The molecule has 1 heterocycles. The van der Waals surface area contributed by atoms with E-state index >= 15 is 0 Å². The maximum atomic E-state index is 5.87. The first-order valence-corrected chi connectivity index (χ1v) is 8.28. The third-order valence-corrected chi connectivity index (χ3v) is 3.96. The minimum Gasteiger partial charge on any atom is -0.346 e. The van der Waals surface area contributed by atoms with Crippen molar-refractivity contribution < 1.29 is 4.74 Å². The monoisotopic (exact) mass is 310 g/mol. The third-order valence-electron chi connectivity index (χ3n) is 3.96. The van der Waals surface area contributed by atoms with E-state index in [1.807, 2.05) is 12.1 Å². The van der Waals surface area contributed by atoms with Crippen LogP contribution >= 0.6 is 0 Å². The second-order valence-electron chi connectivity index (χ2n) is 5.39. The lowest BCUT2D eigenvalue weighted by Gasteiger charge is -2.17. The van der Waals surface area contributed by atoms with Gasteiger partial charge in [-0.2, -0.15) is 0 Å². The van der Waals surface area contributed by atoms with Crippen molar-refractivity contribution in [1.29, 1.82) is 0 Å². The molecule has 0 saturated heterocycles. The molecule has 0 bridgehead atoms. The van der Waals surface area contributed by atoms with E-state index in [-0.39, 0.29) is 6.23 Å². The Kier molecular flexibility index (Phi) is 6.93. The molecule has 0 radical (unpaired) electrons. The van der Waals surface area contributed by atoms with E-state index in [4.69, 9.17) is 4.74 Å². The van der Waals surface area contributed by atoms with Gasteiger partial charge in [0, 0.05) is 6.20 Å². The molecular weight excluding hydrogens is 284 g/mol. The van der Waals surface area contributed by atoms with E-state index in [2.05, 4.69) is 78.6 Å². The second kappa shape index (κ2) is 9.19. The number of benzene rings is 1. The highest BCUT2D eigenvalue weighted by Crippen LogP contribution is 2.23. The van der Waals surface area contributed by atoms with Gasteiger partial charge in [0.25, 0.3) is 0 Å². The molecule has 0 fully saturated rings. The Morgan fingerprint density at radius 2 is 1.78 bits per heavy atom. The average molecular weight is 310 g/mol. The van der Waals surface area contributed by atoms with Crippen molar-refractivity contribution in [2.75, 3.05) is 26.2 Å². The number of aromatic nitrogens is 1. The Bertz CT molecular complexity index is 632. The van der Waals surface area contributed by atoms with E-state index in [1.165, 1.54) is 5.56 Å². The van der Waals surface area contributed by atoms with Crippen LogP contribution in [0.3, 0.4) is 0 Å². The molecule has 3 heteroatoms. The van der Waals surface area contributed by atoms with Gasteiger partial charge in [0.2, 0.25) is 0 Å². The van der Waals surface area contributed by atoms with Gasteiger partial charge in [0.1, 0.15) is 12.8 Å². The number of ether oxygens (including phenoxy) is 1. The molecule has 1 aromatic carbocycles. The Morgan fingerprint density at radius 1 is 1.04 bits per heavy atom. The van der Waals surface area contributed by atoms with Crippen molar-refractivity contribution in [3.05, 3.63) is 48.7 Å². The second-order valence-corrected chi connectivity index (χ2v) is 5.39. The quantitative estimate of drug-likeness (QED) is 0.718. The van der Waals surface area contributed by atoms with Crippen molar-refractivity contribution in [1.82, 2.24) is 9.47 Å². The standard InChI is InChI=1S/C20H26N2O/c1-4-21(5-2)15-9-10-17-23-18(3)22-16-11-14-20(22)19-12-7-6-8-13-19/h6-8,11-14,16,18H,4-5,15,17H2,1-3H3/t18-/m1/s1. The molecule has 23 heavy (non-hydrogen) atoms. The van der Waals surface area contributed by atoms with Crippen LogP contribution in [0, 0.1) is 11.8 Å². The van der Waals surface area contributed by atoms with Crippen LogP contribution in [0.15, 0.2) is 48.7 Å². The zero-order chi connectivity index (χ0) is 16.5. The minimum atomic E-state index is -0.0389. The first-order chi connectivity index (χ1) is 11.3. The van der Waals surface area contributed by atoms with Crippen LogP contribution in [-0.4, -0.2) is 35.7 Å². The van der Waals surface area contributed by atoms with Gasteiger partial charge >= 0.3 is 0 Å². The fourth-order valence-corrected chi connectivity index (χ4v) is 2.47. The van der Waals surface area contributed by atoms with Crippen LogP contribution in [-0.2, 0) is 4.74 Å². The summed E-state index contributed by atoms with van der Waals surface area (Å²) < 4.78 is 8.01. The molecule has 0 spiro atoms. The van der Waals surface area contributed by atoms with Crippen LogP contribution in [0.2, 0.25) is 0 Å². The Balaban J connectivity index is 1.91. The number of hydrogen-bond donors (Lipinski definition) is 0. The molecule has 2 rings (SSSR count). The first kappa shape index (κ1) is 17.3. The molecule has 0 saturated carbocycles. The van der Waals surface area contributed by atoms with Gasteiger partial charge in [0.15, 0.2) is 0 Å². The third kappa shape index (κ3) is 4.99. The summed E-state index contributed by atoms with van der Waals surface area (Å²) in [5, 5.41) is 0. The maximum absolute atomic E-state index is 5.87. The van der Waals surface area contributed by atoms with Gasteiger partial charge in [-0.1, -0.05) is 56.0 Å². The Hall–Kier alpha value is -2.02. The van der Waals surface area contributed by atoms with Crippen LogP contribution in [0.25, 0.3) is 11.3 Å². The highest BCUT2D eigenvalue weighted by molar-refractivity contribution is 5.59. The highest BCUT2D eigenvalue weighted by atomic mass is 16.5. The molecule has 0 aliphatic heterocycles. The summed E-state index contributed by atoms with van der Waals surface area (Å²) in [7, 11) is 0. The van der Waals surface area contributed by atoms with Gasteiger partial charge in [-0.15, -0.1) is 0 Å². The fraction of sp³-hybridized carbons (Fsp3) is 0.400. The van der Waals surface area contributed by atoms with Gasteiger partial charge in [-0.05, 0) is 37.7 Å². The van der Waals surface area contributed by atoms with Crippen molar-refractivity contribution >= 4 is 0 Å². The van der Waals surface area contributed by atoms with E-state index in [0.717, 1.165) is 25.3 Å². The van der Waals surface area contributed by atoms with Crippen LogP contribution < -0.4 is 0 Å². The van der Waals surface area contributed by atoms with E-state index in [1.54, 1.807) is 0 Å². The Labute approximate surface area is 139 Å². The largest absolute Gasteiger partial charge is 0.346 e. The summed E-state index contributed by atoms with van der Waals surface area (Å²) in [6.07, 6.45) is 2.01. The molecule has 3 nitrogen and oxygen atoms in total. The molecule has 1 aromatic heterocycles. The van der Waals surface area contributed by atoms with Crippen molar-refractivity contribution in [2.45, 2.75) is 27.0 Å². The van der Waals surface area contributed by atoms with Crippen molar-refractivity contribution in [3.63, 3.8) is 0 Å². The average Bonchev–Trinajstić information content (AvgIpc) is 3.08. The zero-order valence-corrected chi connectivity index (χ0v) is 14.3. The molecule has 1 atom stereocenters. The van der Waals surface area contributed by atoms with Gasteiger partial charge in [-0.3, -0.25) is 4.90 Å². The predicted molar refractivity (Wildman–Crippen MR) is 96.1 cm³/mol. The molecule has 0 aliphatic rings. The molecule has 122 valence electrons. The molecule has 0 N–H and O–H groups in total. The zero-order valence-electron chi connectivity index (χ0n) is 14.3. The number of nitrogens with zero attached hydrogens (tertiary/aromatic N) is 2. The summed E-state index contributed by atoms with van der Waals surface area (Å²) in [6.45, 7) is 9.69. The minimum absolute atomic E-state index is 0.0389. The first-order valence-electron chi connectivity index (χ1n) is 8.28. The summed E-state index contributed by atoms with van der Waals surface area (Å²) in [5.41, 5.74) is 2.36. The lowest BCUT2D eigenvalue weighted by molar-refractivity contribution is 0.0396. The lowest BCUT2D eigenvalue weighted by Crippen LogP contribution is -2.22. The SMILES string of the molecule is CCN(CC)CC#CCO[C@H](C)n1cccc1-c1ccccc1. The molecule has 0 aliphatic carbocycles. The summed E-state index contributed by atoms with van der Waals surface area (Å²) in [6, 6.07) is 14.5. The molecule has 0 unspecified atom stereocenters.